The Bertz CT molecular complexity index is 310. The number of carbonyl (C=O) groups is 1. The summed E-state index contributed by atoms with van der Waals surface area (Å²) >= 11 is 0. The van der Waals surface area contributed by atoms with Gasteiger partial charge in [-0.25, -0.2) is 0 Å². The Balaban J connectivity index is 2.55. The Morgan fingerprint density at radius 1 is 1.19 bits per heavy atom. The second kappa shape index (κ2) is 6.92. The highest BCUT2D eigenvalue weighted by Gasteiger charge is 2.12. The third-order valence-corrected chi connectivity index (χ3v) is 2.20. The van der Waals surface area contributed by atoms with Crippen molar-refractivity contribution in [1.29, 1.82) is 0 Å². The highest BCUT2D eigenvalue weighted by atomic mass is 16.3. The average molecular weight is 224 g/mol. The van der Waals surface area contributed by atoms with Crippen molar-refractivity contribution in [2.75, 3.05) is 26.3 Å². The molecule has 1 rings (SSSR count). The fraction of sp³-hybridized carbons (Fsp3) is 0.455. The van der Waals surface area contributed by atoms with Gasteiger partial charge in [0.2, 0.25) is 5.91 Å². The van der Waals surface area contributed by atoms with E-state index in [1.54, 1.807) is 24.5 Å². The lowest BCUT2D eigenvalue weighted by molar-refractivity contribution is -0.131. The number of pyridine rings is 1. The van der Waals surface area contributed by atoms with E-state index in [1.165, 1.54) is 4.90 Å². The first-order valence-corrected chi connectivity index (χ1v) is 5.16. The Labute approximate surface area is 94.4 Å². The van der Waals surface area contributed by atoms with Crippen molar-refractivity contribution < 1.29 is 15.0 Å². The summed E-state index contributed by atoms with van der Waals surface area (Å²) in [6.45, 7) is 0.319. The molecule has 1 amide bonds. The first-order valence-electron chi connectivity index (χ1n) is 5.16. The summed E-state index contributed by atoms with van der Waals surface area (Å²) in [5, 5.41) is 17.6. The van der Waals surface area contributed by atoms with Crippen LogP contribution >= 0.6 is 0 Å². The van der Waals surface area contributed by atoms with Gasteiger partial charge in [-0.15, -0.1) is 0 Å². The van der Waals surface area contributed by atoms with E-state index in [0.29, 0.717) is 0 Å². The molecule has 0 radical (unpaired) electrons. The van der Waals surface area contributed by atoms with Gasteiger partial charge >= 0.3 is 0 Å². The molecular formula is C11H16N2O3. The molecule has 0 bridgehead atoms. The zero-order valence-corrected chi connectivity index (χ0v) is 9.04. The van der Waals surface area contributed by atoms with E-state index in [-0.39, 0.29) is 38.6 Å². The molecule has 1 aromatic heterocycles. The molecule has 5 heteroatoms. The zero-order valence-electron chi connectivity index (χ0n) is 9.04. The van der Waals surface area contributed by atoms with E-state index in [9.17, 15) is 4.79 Å². The Hall–Kier alpha value is -1.46. The van der Waals surface area contributed by atoms with Gasteiger partial charge in [-0.05, 0) is 17.7 Å². The molecule has 0 saturated carbocycles. The topological polar surface area (TPSA) is 73.7 Å². The van der Waals surface area contributed by atoms with E-state index in [2.05, 4.69) is 4.98 Å². The van der Waals surface area contributed by atoms with Crippen molar-refractivity contribution in [1.82, 2.24) is 9.88 Å². The van der Waals surface area contributed by atoms with E-state index in [4.69, 9.17) is 10.2 Å². The molecule has 5 nitrogen and oxygen atoms in total. The molecule has 0 unspecified atom stereocenters. The van der Waals surface area contributed by atoms with E-state index in [1.807, 2.05) is 0 Å². The fourth-order valence-corrected chi connectivity index (χ4v) is 1.39. The van der Waals surface area contributed by atoms with Gasteiger partial charge in [0.1, 0.15) is 0 Å². The molecule has 88 valence electrons. The van der Waals surface area contributed by atoms with Gasteiger partial charge in [-0.1, -0.05) is 0 Å². The van der Waals surface area contributed by atoms with Crippen molar-refractivity contribution in [3.8, 4) is 0 Å². The van der Waals surface area contributed by atoms with Crippen LogP contribution in [0.3, 0.4) is 0 Å². The van der Waals surface area contributed by atoms with Crippen LogP contribution in [-0.2, 0) is 11.2 Å². The Morgan fingerprint density at radius 2 is 1.75 bits per heavy atom. The fourth-order valence-electron chi connectivity index (χ4n) is 1.39. The van der Waals surface area contributed by atoms with E-state index >= 15 is 0 Å². The van der Waals surface area contributed by atoms with Crippen LogP contribution in [0.2, 0.25) is 0 Å². The van der Waals surface area contributed by atoms with Crippen molar-refractivity contribution in [3.63, 3.8) is 0 Å². The number of amides is 1. The predicted octanol–water partition coefficient (Wildman–Crippen LogP) is -0.563. The normalized spacial score (nSPS) is 10.1. The number of carbonyl (C=O) groups excluding carboxylic acids is 1. The molecule has 16 heavy (non-hydrogen) atoms. The molecule has 0 aliphatic heterocycles. The summed E-state index contributed by atoms with van der Waals surface area (Å²) in [4.78, 5) is 17.1. The molecule has 1 heterocycles. The molecule has 0 aromatic carbocycles. The largest absolute Gasteiger partial charge is 0.395 e. The van der Waals surface area contributed by atoms with Crippen LogP contribution in [0.4, 0.5) is 0 Å². The van der Waals surface area contributed by atoms with Crippen molar-refractivity contribution in [2.45, 2.75) is 6.42 Å². The summed E-state index contributed by atoms with van der Waals surface area (Å²) in [5.74, 6) is -0.102. The second-order valence-electron chi connectivity index (χ2n) is 3.36. The number of rotatable bonds is 6. The number of aromatic nitrogens is 1. The maximum absolute atomic E-state index is 11.8. The number of hydrogen-bond donors (Lipinski definition) is 2. The van der Waals surface area contributed by atoms with Gasteiger partial charge < -0.3 is 15.1 Å². The lowest BCUT2D eigenvalue weighted by Crippen LogP contribution is -2.36. The van der Waals surface area contributed by atoms with E-state index < -0.39 is 0 Å². The molecule has 1 aromatic rings. The van der Waals surface area contributed by atoms with Gasteiger partial charge in [0.15, 0.2) is 0 Å². The van der Waals surface area contributed by atoms with Crippen molar-refractivity contribution in [3.05, 3.63) is 30.1 Å². The van der Waals surface area contributed by atoms with Crippen LogP contribution in [0.15, 0.2) is 24.5 Å². The molecule has 2 N–H and O–H groups in total. The maximum atomic E-state index is 11.8. The van der Waals surface area contributed by atoms with Gasteiger partial charge in [0, 0.05) is 25.5 Å². The van der Waals surface area contributed by atoms with E-state index in [0.717, 1.165) is 5.56 Å². The molecule has 0 aliphatic carbocycles. The summed E-state index contributed by atoms with van der Waals surface area (Å²) in [6.07, 6.45) is 3.53. The standard InChI is InChI=1S/C11H16N2O3/c14-7-5-13(6-8-15)11(16)9-10-1-3-12-4-2-10/h1-4,14-15H,5-9H2. The minimum atomic E-state index is -0.102. The van der Waals surface area contributed by atoms with Crippen molar-refractivity contribution >= 4 is 5.91 Å². The SMILES string of the molecule is O=C(Cc1ccncc1)N(CCO)CCO. The number of nitrogens with zero attached hydrogens (tertiary/aromatic N) is 2. The molecule has 0 spiro atoms. The molecular weight excluding hydrogens is 208 g/mol. The lowest BCUT2D eigenvalue weighted by atomic mass is 10.2. The number of aliphatic hydroxyl groups excluding tert-OH is 2. The highest BCUT2D eigenvalue weighted by molar-refractivity contribution is 5.78. The number of aliphatic hydroxyl groups is 2. The van der Waals surface area contributed by atoms with Crippen molar-refractivity contribution in [2.24, 2.45) is 0 Å². The highest BCUT2D eigenvalue weighted by Crippen LogP contribution is 2.01. The van der Waals surface area contributed by atoms with Gasteiger partial charge in [-0.2, -0.15) is 0 Å². The first-order chi connectivity index (χ1) is 7.77. The maximum Gasteiger partial charge on any atom is 0.227 e. The lowest BCUT2D eigenvalue weighted by Gasteiger charge is -2.20. The predicted molar refractivity (Wildman–Crippen MR) is 58.7 cm³/mol. The Kier molecular flexibility index (Phi) is 5.45. The van der Waals surface area contributed by atoms with Crippen LogP contribution in [-0.4, -0.2) is 52.3 Å². The van der Waals surface area contributed by atoms with Gasteiger partial charge in [0.05, 0.1) is 19.6 Å². The summed E-state index contributed by atoms with van der Waals surface area (Å²) in [7, 11) is 0. The van der Waals surface area contributed by atoms with Gasteiger partial charge in [-0.3, -0.25) is 9.78 Å². The van der Waals surface area contributed by atoms with Crippen LogP contribution < -0.4 is 0 Å². The monoisotopic (exact) mass is 224 g/mol. The van der Waals surface area contributed by atoms with Gasteiger partial charge in [0.25, 0.3) is 0 Å². The molecule has 0 atom stereocenters. The third-order valence-electron chi connectivity index (χ3n) is 2.20. The smallest absolute Gasteiger partial charge is 0.227 e. The molecule has 0 aliphatic rings. The minimum Gasteiger partial charge on any atom is -0.395 e. The molecule has 0 saturated heterocycles. The Morgan fingerprint density at radius 3 is 2.25 bits per heavy atom. The quantitative estimate of drug-likeness (QED) is 0.679. The average Bonchev–Trinajstić information content (AvgIpc) is 2.30. The molecule has 0 fully saturated rings. The zero-order chi connectivity index (χ0) is 11.8. The number of hydrogen-bond acceptors (Lipinski definition) is 4. The summed E-state index contributed by atoms with van der Waals surface area (Å²) in [5.41, 5.74) is 0.876. The van der Waals surface area contributed by atoms with Crippen LogP contribution in [0.25, 0.3) is 0 Å². The van der Waals surface area contributed by atoms with Crippen LogP contribution in [0.5, 0.6) is 0 Å². The summed E-state index contributed by atoms with van der Waals surface area (Å²) < 4.78 is 0. The van der Waals surface area contributed by atoms with Crippen LogP contribution in [0, 0.1) is 0 Å². The van der Waals surface area contributed by atoms with Crippen LogP contribution in [0.1, 0.15) is 5.56 Å². The third kappa shape index (κ3) is 3.96. The second-order valence-corrected chi connectivity index (χ2v) is 3.36. The summed E-state index contributed by atoms with van der Waals surface area (Å²) in [6, 6.07) is 3.54. The minimum absolute atomic E-state index is 0.0952. The first kappa shape index (κ1) is 12.6.